The fraction of sp³-hybridized carbons (Fsp3) is 0.684. The maximum Gasteiger partial charge on any atom is 0.0699 e. The number of halogens is 2. The number of aliphatic hydroxyl groups is 1. The summed E-state index contributed by atoms with van der Waals surface area (Å²) < 4.78 is 5.55. The van der Waals surface area contributed by atoms with Crippen LogP contribution in [0.3, 0.4) is 0 Å². The summed E-state index contributed by atoms with van der Waals surface area (Å²) >= 11 is 12.3. The van der Waals surface area contributed by atoms with Crippen molar-refractivity contribution in [1.82, 2.24) is 10.6 Å². The lowest BCUT2D eigenvalue weighted by molar-refractivity contribution is -0.0158. The van der Waals surface area contributed by atoms with Gasteiger partial charge in [0.25, 0.3) is 0 Å². The van der Waals surface area contributed by atoms with Crippen LogP contribution in [0.1, 0.15) is 37.7 Å². The van der Waals surface area contributed by atoms with Gasteiger partial charge in [-0.3, -0.25) is 0 Å². The molecule has 2 rings (SSSR count). The summed E-state index contributed by atoms with van der Waals surface area (Å²) in [6.45, 7) is 3.69. The van der Waals surface area contributed by atoms with Crippen LogP contribution in [0.15, 0.2) is 18.2 Å². The fourth-order valence-corrected chi connectivity index (χ4v) is 4.17. The molecular formula is C19H30Cl2N2O2. The molecule has 0 saturated carbocycles. The van der Waals surface area contributed by atoms with Crippen molar-refractivity contribution in [3.8, 4) is 0 Å². The van der Waals surface area contributed by atoms with E-state index < -0.39 is 6.10 Å². The third kappa shape index (κ3) is 5.31. The topological polar surface area (TPSA) is 53.5 Å². The van der Waals surface area contributed by atoms with E-state index in [1.165, 1.54) is 0 Å². The van der Waals surface area contributed by atoms with Gasteiger partial charge in [-0.05, 0) is 37.6 Å². The van der Waals surface area contributed by atoms with Crippen LogP contribution in [0, 0.1) is 5.92 Å². The smallest absolute Gasteiger partial charge is 0.0699 e. The quantitative estimate of drug-likeness (QED) is 0.638. The molecule has 1 aliphatic rings. The molecule has 0 bridgehead atoms. The molecule has 4 nitrogen and oxygen atoms in total. The Labute approximate surface area is 161 Å². The fourth-order valence-electron chi connectivity index (χ4n) is 3.87. The first-order chi connectivity index (χ1) is 12.0. The summed E-state index contributed by atoms with van der Waals surface area (Å²) in [4.78, 5) is 0. The molecule has 25 heavy (non-hydrogen) atoms. The third-order valence-electron chi connectivity index (χ3n) is 5.24. The average molecular weight is 389 g/mol. The molecule has 1 fully saturated rings. The Balaban J connectivity index is 2.26. The molecule has 6 heteroatoms. The van der Waals surface area contributed by atoms with E-state index in [1.807, 2.05) is 19.2 Å². The van der Waals surface area contributed by atoms with Gasteiger partial charge in [-0.25, -0.2) is 0 Å². The predicted molar refractivity (Wildman–Crippen MR) is 105 cm³/mol. The summed E-state index contributed by atoms with van der Waals surface area (Å²) in [6.07, 6.45) is 2.63. The van der Waals surface area contributed by atoms with Gasteiger partial charge in [0.05, 0.1) is 22.3 Å². The molecule has 0 aromatic heterocycles. The first kappa shape index (κ1) is 20.9. The number of rotatable bonds is 8. The predicted octanol–water partition coefficient (Wildman–Crippen LogP) is 3.45. The number of aliphatic hydroxyl groups excluding tert-OH is 1. The molecule has 0 radical (unpaired) electrons. The molecule has 0 aliphatic carbocycles. The van der Waals surface area contributed by atoms with Gasteiger partial charge in [-0.15, -0.1) is 0 Å². The first-order valence-electron chi connectivity index (χ1n) is 9.05. The zero-order valence-electron chi connectivity index (χ0n) is 15.3. The van der Waals surface area contributed by atoms with E-state index in [2.05, 4.69) is 17.6 Å². The van der Waals surface area contributed by atoms with Crippen LogP contribution in [0.4, 0.5) is 0 Å². The van der Waals surface area contributed by atoms with Crippen molar-refractivity contribution in [3.63, 3.8) is 0 Å². The van der Waals surface area contributed by atoms with E-state index in [9.17, 15) is 5.11 Å². The Hall–Kier alpha value is -0.360. The molecule has 0 amide bonds. The zero-order chi connectivity index (χ0) is 18.4. The maximum atomic E-state index is 11.3. The first-order valence-corrected chi connectivity index (χ1v) is 9.81. The average Bonchev–Trinajstić information content (AvgIpc) is 2.62. The van der Waals surface area contributed by atoms with Gasteiger partial charge in [0.15, 0.2) is 0 Å². The highest BCUT2D eigenvalue weighted by atomic mass is 35.5. The summed E-state index contributed by atoms with van der Waals surface area (Å²) in [7, 11) is 3.64. The highest BCUT2D eigenvalue weighted by molar-refractivity contribution is 6.42. The lowest BCUT2D eigenvalue weighted by atomic mass is 9.76. The maximum absolute atomic E-state index is 11.3. The second-order valence-corrected chi connectivity index (χ2v) is 7.70. The number of hydrogen-bond donors (Lipinski definition) is 3. The van der Waals surface area contributed by atoms with Gasteiger partial charge < -0.3 is 20.5 Å². The van der Waals surface area contributed by atoms with E-state index in [1.54, 1.807) is 13.2 Å². The Bertz CT molecular complexity index is 544. The molecule has 1 aliphatic heterocycles. The normalized spacial score (nSPS) is 26.4. The largest absolute Gasteiger partial charge is 0.392 e. The van der Waals surface area contributed by atoms with Crippen LogP contribution in [0.25, 0.3) is 0 Å². The lowest BCUT2D eigenvalue weighted by Crippen LogP contribution is -2.53. The summed E-state index contributed by atoms with van der Waals surface area (Å²) in [5.74, 6) is 0.0768. The van der Waals surface area contributed by atoms with Crippen molar-refractivity contribution in [2.24, 2.45) is 5.92 Å². The van der Waals surface area contributed by atoms with Crippen molar-refractivity contribution >= 4 is 23.2 Å². The van der Waals surface area contributed by atoms with Crippen LogP contribution in [0.2, 0.25) is 10.0 Å². The van der Waals surface area contributed by atoms with Crippen LogP contribution in [0.5, 0.6) is 0 Å². The minimum Gasteiger partial charge on any atom is -0.392 e. The number of ether oxygens (including phenoxy) is 1. The second kappa shape index (κ2) is 10.1. The molecular weight excluding hydrogens is 359 g/mol. The molecule has 1 aromatic rings. The molecule has 3 unspecified atom stereocenters. The van der Waals surface area contributed by atoms with Crippen molar-refractivity contribution in [3.05, 3.63) is 33.8 Å². The van der Waals surface area contributed by atoms with Gasteiger partial charge in [-0.1, -0.05) is 42.6 Å². The standard InChI is InChI=1S/C19H30Cl2N2O2/c1-4-5-18-14(9-13(25-3)10-23-18)19(24)15(11-22-2)12-6-7-16(20)17(21)8-12/h6-8,13-15,18-19,22-24H,4-5,9-11H2,1-3H3/t13?,14?,15-,18?,19-/m1/s1. The number of methoxy groups -OCH3 is 1. The lowest BCUT2D eigenvalue weighted by Gasteiger charge is -2.41. The van der Waals surface area contributed by atoms with E-state index in [-0.39, 0.29) is 17.9 Å². The number of piperidine rings is 1. The molecule has 1 aromatic carbocycles. The van der Waals surface area contributed by atoms with E-state index in [0.29, 0.717) is 22.6 Å². The van der Waals surface area contributed by atoms with Crippen molar-refractivity contribution in [2.45, 2.75) is 50.4 Å². The molecule has 1 saturated heterocycles. The van der Waals surface area contributed by atoms with Crippen molar-refractivity contribution in [2.75, 3.05) is 27.2 Å². The Morgan fingerprint density at radius 1 is 1.36 bits per heavy atom. The minimum absolute atomic E-state index is 0.0541. The van der Waals surface area contributed by atoms with Gasteiger partial charge in [0.1, 0.15) is 0 Å². The zero-order valence-corrected chi connectivity index (χ0v) is 16.8. The molecule has 0 spiro atoms. The molecule has 142 valence electrons. The summed E-state index contributed by atoms with van der Waals surface area (Å²) in [6, 6.07) is 5.93. The van der Waals surface area contributed by atoms with Crippen molar-refractivity contribution in [1.29, 1.82) is 0 Å². The Morgan fingerprint density at radius 2 is 2.12 bits per heavy atom. The number of benzene rings is 1. The van der Waals surface area contributed by atoms with E-state index in [4.69, 9.17) is 27.9 Å². The second-order valence-electron chi connectivity index (χ2n) is 6.89. The number of nitrogens with one attached hydrogen (secondary N) is 2. The summed E-state index contributed by atoms with van der Waals surface area (Å²) in [5, 5.41) is 19.1. The molecule has 1 heterocycles. The van der Waals surface area contributed by atoms with E-state index in [0.717, 1.165) is 31.4 Å². The highest BCUT2D eigenvalue weighted by Gasteiger charge is 2.38. The van der Waals surface area contributed by atoms with Gasteiger partial charge >= 0.3 is 0 Å². The van der Waals surface area contributed by atoms with Gasteiger partial charge in [0.2, 0.25) is 0 Å². The SMILES string of the molecule is CCCC1NCC(OC)CC1[C@@H](O)[C@H](CNC)c1ccc(Cl)c(Cl)c1. The van der Waals surface area contributed by atoms with Crippen LogP contribution < -0.4 is 10.6 Å². The van der Waals surface area contributed by atoms with Crippen LogP contribution >= 0.6 is 23.2 Å². The number of hydrogen-bond acceptors (Lipinski definition) is 4. The third-order valence-corrected chi connectivity index (χ3v) is 5.98. The van der Waals surface area contributed by atoms with E-state index >= 15 is 0 Å². The van der Waals surface area contributed by atoms with Crippen molar-refractivity contribution < 1.29 is 9.84 Å². The van der Waals surface area contributed by atoms with Gasteiger partial charge in [0, 0.05) is 38.1 Å². The van der Waals surface area contributed by atoms with Crippen LogP contribution in [-0.4, -0.2) is 50.6 Å². The molecule has 5 atom stereocenters. The summed E-state index contributed by atoms with van der Waals surface area (Å²) in [5.41, 5.74) is 1.01. The van der Waals surface area contributed by atoms with Gasteiger partial charge in [-0.2, -0.15) is 0 Å². The highest BCUT2D eigenvalue weighted by Crippen LogP contribution is 2.34. The monoisotopic (exact) mass is 388 g/mol. The Morgan fingerprint density at radius 3 is 2.72 bits per heavy atom. The van der Waals surface area contributed by atoms with Crippen LogP contribution in [-0.2, 0) is 4.74 Å². The minimum atomic E-state index is -0.494. The number of likely N-dealkylation sites (N-methyl/N-ethyl adjacent to an activating group) is 1. The molecule has 3 N–H and O–H groups in total. The Kier molecular flexibility index (Phi) is 8.46.